The van der Waals surface area contributed by atoms with E-state index in [2.05, 4.69) is 0 Å². The van der Waals surface area contributed by atoms with E-state index in [0.717, 1.165) is 0 Å². The highest BCUT2D eigenvalue weighted by Crippen LogP contribution is 2.45. The molecule has 22 heavy (non-hydrogen) atoms. The largest absolute Gasteiger partial charge is 0.504 e. The molecule has 0 aromatic heterocycles. The Morgan fingerprint density at radius 2 is 1.50 bits per heavy atom. The Morgan fingerprint density at radius 3 is 2.27 bits per heavy atom. The van der Waals surface area contributed by atoms with Crippen LogP contribution in [0.3, 0.4) is 0 Å². The number of allylic oxidation sites excluding steroid dienone is 2. The summed E-state index contributed by atoms with van der Waals surface area (Å²) in [5, 5.41) is 39.4. The van der Waals surface area contributed by atoms with E-state index < -0.39 is 6.10 Å². The lowest BCUT2D eigenvalue weighted by atomic mass is 9.92. The Bertz CT molecular complexity index is 777. The van der Waals surface area contributed by atoms with E-state index in [9.17, 15) is 20.4 Å². The summed E-state index contributed by atoms with van der Waals surface area (Å²) in [6.07, 6.45) is 4.10. The number of phenolic OH excluding ortho intramolecular Hbond substituents is 4. The molecule has 2 aromatic carbocycles. The molecule has 3 rings (SSSR count). The monoisotopic (exact) mass is 298 g/mol. The van der Waals surface area contributed by atoms with Crippen LogP contribution >= 0.6 is 0 Å². The Labute approximate surface area is 126 Å². The summed E-state index contributed by atoms with van der Waals surface area (Å²) in [6.45, 7) is 0. The average Bonchev–Trinajstić information content (AvgIpc) is 2.53. The van der Waals surface area contributed by atoms with E-state index in [0.29, 0.717) is 16.7 Å². The van der Waals surface area contributed by atoms with Crippen LogP contribution in [0, 0.1) is 0 Å². The lowest BCUT2D eigenvalue weighted by Gasteiger charge is -2.24. The van der Waals surface area contributed by atoms with Gasteiger partial charge in [0.25, 0.3) is 0 Å². The quantitative estimate of drug-likeness (QED) is 0.639. The maximum Gasteiger partial charge on any atom is 0.165 e. The van der Waals surface area contributed by atoms with Gasteiger partial charge >= 0.3 is 0 Å². The standard InChI is InChI=1S/C17H14O5/c18-13-7-1-4-10(15(13)20)11-6-3-9-22-17(11)12-5-2-8-14(19)16(12)21/h1-9,17-21H. The van der Waals surface area contributed by atoms with E-state index in [1.807, 2.05) is 0 Å². The molecule has 1 heterocycles. The first-order valence-corrected chi connectivity index (χ1v) is 6.64. The molecule has 0 radical (unpaired) electrons. The third kappa shape index (κ3) is 2.22. The molecule has 1 aliphatic heterocycles. The molecule has 0 aliphatic carbocycles. The predicted octanol–water partition coefficient (Wildman–Crippen LogP) is 3.18. The maximum absolute atomic E-state index is 10.1. The van der Waals surface area contributed by atoms with Crippen molar-refractivity contribution in [3.05, 3.63) is 65.9 Å². The normalized spacial score (nSPS) is 16.9. The van der Waals surface area contributed by atoms with Crippen molar-refractivity contribution in [2.75, 3.05) is 0 Å². The van der Waals surface area contributed by atoms with Crippen molar-refractivity contribution in [2.24, 2.45) is 0 Å². The number of rotatable bonds is 2. The van der Waals surface area contributed by atoms with Crippen LogP contribution in [-0.2, 0) is 4.74 Å². The zero-order valence-electron chi connectivity index (χ0n) is 11.5. The Morgan fingerprint density at radius 1 is 0.818 bits per heavy atom. The Kier molecular flexibility index (Phi) is 3.39. The van der Waals surface area contributed by atoms with E-state index in [4.69, 9.17) is 4.74 Å². The van der Waals surface area contributed by atoms with Crippen LogP contribution in [0.2, 0.25) is 0 Å². The van der Waals surface area contributed by atoms with Crippen molar-refractivity contribution in [3.63, 3.8) is 0 Å². The molecule has 0 bridgehead atoms. The van der Waals surface area contributed by atoms with Gasteiger partial charge in [-0.25, -0.2) is 0 Å². The number of hydrogen-bond donors (Lipinski definition) is 4. The van der Waals surface area contributed by atoms with Crippen LogP contribution in [0.5, 0.6) is 23.0 Å². The van der Waals surface area contributed by atoms with Gasteiger partial charge in [-0.15, -0.1) is 0 Å². The molecule has 0 saturated heterocycles. The molecule has 0 saturated carbocycles. The van der Waals surface area contributed by atoms with Crippen LogP contribution in [0.1, 0.15) is 17.2 Å². The van der Waals surface area contributed by atoms with Gasteiger partial charge in [-0.05, 0) is 18.2 Å². The van der Waals surface area contributed by atoms with Crippen molar-refractivity contribution in [2.45, 2.75) is 6.10 Å². The van der Waals surface area contributed by atoms with Crippen molar-refractivity contribution >= 4 is 5.57 Å². The molecule has 2 aromatic rings. The second-order valence-corrected chi connectivity index (χ2v) is 4.85. The van der Waals surface area contributed by atoms with Crippen LogP contribution in [0.4, 0.5) is 0 Å². The minimum Gasteiger partial charge on any atom is -0.504 e. The number of para-hydroxylation sites is 2. The van der Waals surface area contributed by atoms with Crippen molar-refractivity contribution in [1.29, 1.82) is 0 Å². The second-order valence-electron chi connectivity index (χ2n) is 4.85. The summed E-state index contributed by atoms with van der Waals surface area (Å²) in [4.78, 5) is 0. The van der Waals surface area contributed by atoms with Gasteiger partial charge in [0.15, 0.2) is 29.1 Å². The zero-order chi connectivity index (χ0) is 15.7. The summed E-state index contributed by atoms with van der Waals surface area (Å²) < 4.78 is 5.55. The first-order valence-electron chi connectivity index (χ1n) is 6.64. The summed E-state index contributed by atoms with van der Waals surface area (Å²) in [5.74, 6) is -1.05. The molecular formula is C17H14O5. The fourth-order valence-corrected chi connectivity index (χ4v) is 2.42. The molecule has 0 spiro atoms. The molecule has 0 amide bonds. The molecule has 1 atom stereocenters. The number of aromatic hydroxyl groups is 4. The smallest absolute Gasteiger partial charge is 0.165 e. The lowest BCUT2D eigenvalue weighted by molar-refractivity contribution is 0.190. The molecule has 5 nitrogen and oxygen atoms in total. The van der Waals surface area contributed by atoms with Gasteiger partial charge in [-0.2, -0.15) is 0 Å². The lowest BCUT2D eigenvalue weighted by Crippen LogP contribution is -2.07. The zero-order valence-corrected chi connectivity index (χ0v) is 11.5. The van der Waals surface area contributed by atoms with Gasteiger partial charge < -0.3 is 25.2 Å². The highest BCUT2D eigenvalue weighted by molar-refractivity contribution is 5.78. The molecule has 1 aliphatic rings. The third-order valence-electron chi connectivity index (χ3n) is 3.51. The number of hydrogen-bond acceptors (Lipinski definition) is 5. The molecule has 1 unspecified atom stereocenters. The minimum absolute atomic E-state index is 0.244. The second kappa shape index (κ2) is 5.37. The predicted molar refractivity (Wildman–Crippen MR) is 80.5 cm³/mol. The van der Waals surface area contributed by atoms with Crippen molar-refractivity contribution in [1.82, 2.24) is 0 Å². The van der Waals surface area contributed by atoms with E-state index in [-0.39, 0.29) is 23.0 Å². The molecule has 4 N–H and O–H groups in total. The van der Waals surface area contributed by atoms with Gasteiger partial charge in [-0.1, -0.05) is 30.3 Å². The summed E-state index contributed by atoms with van der Waals surface area (Å²) >= 11 is 0. The van der Waals surface area contributed by atoms with Crippen LogP contribution in [-0.4, -0.2) is 20.4 Å². The number of phenols is 4. The maximum atomic E-state index is 10.1. The van der Waals surface area contributed by atoms with Gasteiger partial charge in [0.1, 0.15) is 0 Å². The van der Waals surface area contributed by atoms with Crippen molar-refractivity contribution < 1.29 is 25.2 Å². The first-order chi connectivity index (χ1) is 10.6. The summed E-state index contributed by atoms with van der Waals surface area (Å²) in [6, 6.07) is 9.18. The SMILES string of the molecule is Oc1cccc(C2=CC=COC2c2cccc(O)c2O)c1O. The van der Waals surface area contributed by atoms with E-state index in [1.54, 1.807) is 36.4 Å². The fraction of sp³-hybridized carbons (Fsp3) is 0.0588. The van der Waals surface area contributed by atoms with E-state index in [1.165, 1.54) is 18.4 Å². The minimum atomic E-state index is -0.718. The summed E-state index contributed by atoms with van der Waals surface area (Å²) in [5.41, 5.74) is 1.30. The molecule has 112 valence electrons. The molecule has 5 heteroatoms. The van der Waals surface area contributed by atoms with Crippen LogP contribution < -0.4 is 0 Å². The average molecular weight is 298 g/mol. The number of ether oxygens (including phenoxy) is 1. The van der Waals surface area contributed by atoms with Gasteiger partial charge in [0.2, 0.25) is 0 Å². The molecular weight excluding hydrogens is 284 g/mol. The molecule has 0 fully saturated rings. The van der Waals surface area contributed by atoms with Crippen LogP contribution in [0.15, 0.2) is 54.8 Å². The highest BCUT2D eigenvalue weighted by Gasteiger charge is 2.26. The third-order valence-corrected chi connectivity index (χ3v) is 3.51. The number of benzene rings is 2. The van der Waals surface area contributed by atoms with Gasteiger partial charge in [0, 0.05) is 16.7 Å². The van der Waals surface area contributed by atoms with Gasteiger partial charge in [0.05, 0.1) is 6.26 Å². The topological polar surface area (TPSA) is 90.2 Å². The van der Waals surface area contributed by atoms with E-state index >= 15 is 0 Å². The summed E-state index contributed by atoms with van der Waals surface area (Å²) in [7, 11) is 0. The van der Waals surface area contributed by atoms with Crippen LogP contribution in [0.25, 0.3) is 5.57 Å². The first kappa shape index (κ1) is 13.9. The highest BCUT2D eigenvalue weighted by atomic mass is 16.5. The Hall–Kier alpha value is -3.08. The van der Waals surface area contributed by atoms with Crippen molar-refractivity contribution in [3.8, 4) is 23.0 Å². The fourth-order valence-electron chi connectivity index (χ4n) is 2.42. The van der Waals surface area contributed by atoms with Gasteiger partial charge in [-0.3, -0.25) is 0 Å². The Balaban J connectivity index is 2.13.